The molecule has 0 bridgehead atoms. The first-order valence-corrected chi connectivity index (χ1v) is 7.75. The van der Waals surface area contributed by atoms with Gasteiger partial charge in [0.2, 0.25) is 0 Å². The maximum Gasteiger partial charge on any atom is 0.410 e. The first-order chi connectivity index (χ1) is 9.71. The van der Waals surface area contributed by atoms with Crippen molar-refractivity contribution in [3.63, 3.8) is 0 Å². The molecule has 0 aromatic heterocycles. The van der Waals surface area contributed by atoms with E-state index in [9.17, 15) is 9.90 Å². The highest BCUT2D eigenvalue weighted by molar-refractivity contribution is 5.68. The number of rotatable bonds is 2. The lowest BCUT2D eigenvalue weighted by Crippen LogP contribution is -2.55. The van der Waals surface area contributed by atoms with Crippen molar-refractivity contribution in [3.05, 3.63) is 0 Å². The van der Waals surface area contributed by atoms with E-state index >= 15 is 0 Å². The number of ether oxygens (including phenoxy) is 2. The maximum atomic E-state index is 12.1. The molecule has 0 spiro atoms. The first kappa shape index (κ1) is 16.5. The Morgan fingerprint density at radius 1 is 1.43 bits per heavy atom. The Hall–Kier alpha value is -0.850. The summed E-state index contributed by atoms with van der Waals surface area (Å²) in [5.41, 5.74) is 4.75. The van der Waals surface area contributed by atoms with Gasteiger partial charge in [0.05, 0.1) is 12.1 Å². The third-order valence-electron chi connectivity index (χ3n) is 4.33. The molecule has 2 heterocycles. The Morgan fingerprint density at radius 2 is 2.05 bits per heavy atom. The number of nitrogens with zero attached hydrogens (tertiary/aromatic N) is 1. The molecule has 21 heavy (non-hydrogen) atoms. The third kappa shape index (κ3) is 4.08. The summed E-state index contributed by atoms with van der Waals surface area (Å²) in [6.07, 6.45) is 1.87. The number of hydrogen-bond donors (Lipinski definition) is 2. The first-order valence-electron chi connectivity index (χ1n) is 7.75. The predicted octanol–water partition coefficient (Wildman–Crippen LogP) is 1.11. The normalized spacial score (nSPS) is 29.5. The smallest absolute Gasteiger partial charge is 0.410 e. The number of hydrogen-bond acceptors (Lipinski definition) is 5. The van der Waals surface area contributed by atoms with Crippen LogP contribution in [0.1, 0.15) is 40.0 Å². The second-order valence-corrected chi connectivity index (χ2v) is 7.23. The van der Waals surface area contributed by atoms with Crippen LogP contribution in [0.2, 0.25) is 0 Å². The summed E-state index contributed by atoms with van der Waals surface area (Å²) < 4.78 is 10.7. The molecule has 6 nitrogen and oxygen atoms in total. The zero-order valence-electron chi connectivity index (χ0n) is 13.3. The summed E-state index contributed by atoms with van der Waals surface area (Å²) in [7, 11) is 0. The van der Waals surface area contributed by atoms with Crippen molar-refractivity contribution in [3.8, 4) is 0 Å². The van der Waals surface area contributed by atoms with Gasteiger partial charge < -0.3 is 25.2 Å². The van der Waals surface area contributed by atoms with Gasteiger partial charge in [-0.15, -0.1) is 0 Å². The molecule has 2 saturated heterocycles. The monoisotopic (exact) mass is 300 g/mol. The van der Waals surface area contributed by atoms with Gasteiger partial charge >= 0.3 is 6.09 Å². The lowest BCUT2D eigenvalue weighted by atomic mass is 9.80. The van der Waals surface area contributed by atoms with Gasteiger partial charge in [-0.25, -0.2) is 4.79 Å². The number of likely N-dealkylation sites (tertiary alicyclic amines) is 1. The van der Waals surface area contributed by atoms with Gasteiger partial charge in [0.1, 0.15) is 5.60 Å². The van der Waals surface area contributed by atoms with Crippen molar-refractivity contribution in [1.29, 1.82) is 0 Å². The standard InChI is InChI=1S/C15H28N2O4/c1-14(2,3)21-13(18)17-7-6-15(19,10-17)12(16)11-4-8-20-9-5-11/h11-12,19H,4-10,16H2,1-3H3. The number of amides is 1. The molecule has 0 radical (unpaired) electrons. The van der Waals surface area contributed by atoms with Crippen molar-refractivity contribution < 1.29 is 19.4 Å². The minimum absolute atomic E-state index is 0.250. The molecular formula is C15H28N2O4. The van der Waals surface area contributed by atoms with E-state index in [1.165, 1.54) is 0 Å². The van der Waals surface area contributed by atoms with E-state index in [4.69, 9.17) is 15.2 Å². The molecule has 0 saturated carbocycles. The van der Waals surface area contributed by atoms with E-state index in [-0.39, 0.29) is 24.6 Å². The average molecular weight is 300 g/mol. The number of carbonyl (C=O) groups excluding carboxylic acids is 1. The van der Waals surface area contributed by atoms with Crippen LogP contribution in [0.5, 0.6) is 0 Å². The molecular weight excluding hydrogens is 272 g/mol. The van der Waals surface area contributed by atoms with E-state index in [2.05, 4.69) is 0 Å². The molecule has 3 N–H and O–H groups in total. The van der Waals surface area contributed by atoms with Crippen LogP contribution < -0.4 is 5.73 Å². The van der Waals surface area contributed by atoms with E-state index in [1.54, 1.807) is 4.90 Å². The SMILES string of the molecule is CC(C)(C)OC(=O)N1CCC(O)(C(N)C2CCOCC2)C1. The highest BCUT2D eigenvalue weighted by Gasteiger charge is 2.46. The predicted molar refractivity (Wildman–Crippen MR) is 78.9 cm³/mol. The molecule has 0 aliphatic carbocycles. The zero-order valence-corrected chi connectivity index (χ0v) is 13.3. The molecule has 2 fully saturated rings. The van der Waals surface area contributed by atoms with Gasteiger partial charge in [0, 0.05) is 25.8 Å². The Bertz CT molecular complexity index is 376. The molecule has 2 unspecified atom stereocenters. The Kier molecular flexibility index (Phi) is 4.80. The molecule has 1 amide bonds. The van der Waals surface area contributed by atoms with Crippen molar-refractivity contribution >= 4 is 6.09 Å². The minimum atomic E-state index is -1.01. The fourth-order valence-corrected chi connectivity index (χ4v) is 3.09. The van der Waals surface area contributed by atoms with Gasteiger partial charge in [-0.1, -0.05) is 0 Å². The van der Waals surface area contributed by atoms with E-state index in [0.717, 1.165) is 12.8 Å². The highest BCUT2D eigenvalue weighted by Crippen LogP contribution is 2.32. The molecule has 122 valence electrons. The summed E-state index contributed by atoms with van der Waals surface area (Å²) in [6.45, 7) is 7.64. The summed E-state index contributed by atoms with van der Waals surface area (Å²) in [5, 5.41) is 10.8. The number of carbonyl (C=O) groups is 1. The van der Waals surface area contributed by atoms with Crippen LogP contribution in [-0.4, -0.2) is 59.6 Å². The third-order valence-corrected chi connectivity index (χ3v) is 4.33. The van der Waals surface area contributed by atoms with Crippen LogP contribution in [-0.2, 0) is 9.47 Å². The Balaban J connectivity index is 1.94. The molecule has 0 aromatic rings. The fraction of sp³-hybridized carbons (Fsp3) is 0.933. The quantitative estimate of drug-likeness (QED) is 0.798. The van der Waals surface area contributed by atoms with Gasteiger partial charge in [-0.2, -0.15) is 0 Å². The van der Waals surface area contributed by atoms with Gasteiger partial charge in [-0.05, 0) is 46.0 Å². The largest absolute Gasteiger partial charge is 0.444 e. The van der Waals surface area contributed by atoms with E-state index in [1.807, 2.05) is 20.8 Å². The fourth-order valence-electron chi connectivity index (χ4n) is 3.09. The second-order valence-electron chi connectivity index (χ2n) is 7.23. The topological polar surface area (TPSA) is 85.0 Å². The van der Waals surface area contributed by atoms with Crippen LogP contribution >= 0.6 is 0 Å². The summed E-state index contributed by atoms with van der Waals surface area (Å²) >= 11 is 0. The molecule has 2 aliphatic rings. The molecule has 2 atom stereocenters. The van der Waals surface area contributed by atoms with Gasteiger partial charge in [-0.3, -0.25) is 0 Å². The van der Waals surface area contributed by atoms with E-state index < -0.39 is 11.2 Å². The second kappa shape index (κ2) is 6.10. The number of aliphatic hydroxyl groups is 1. The zero-order chi connectivity index (χ0) is 15.7. The van der Waals surface area contributed by atoms with Crippen LogP contribution in [0.3, 0.4) is 0 Å². The molecule has 6 heteroatoms. The van der Waals surface area contributed by atoms with Crippen molar-refractivity contribution in [2.24, 2.45) is 11.7 Å². The van der Waals surface area contributed by atoms with E-state index in [0.29, 0.717) is 26.2 Å². The lowest BCUT2D eigenvalue weighted by molar-refractivity contribution is -0.0270. The Labute approximate surface area is 126 Å². The summed E-state index contributed by atoms with van der Waals surface area (Å²) in [6, 6.07) is -0.325. The van der Waals surface area contributed by atoms with Crippen molar-refractivity contribution in [2.75, 3.05) is 26.3 Å². The average Bonchev–Trinajstić information content (AvgIpc) is 2.81. The summed E-state index contributed by atoms with van der Waals surface area (Å²) in [4.78, 5) is 13.6. The van der Waals surface area contributed by atoms with Gasteiger partial charge in [0.15, 0.2) is 0 Å². The molecule has 2 rings (SSSR count). The van der Waals surface area contributed by atoms with Gasteiger partial charge in [0.25, 0.3) is 0 Å². The van der Waals surface area contributed by atoms with Crippen LogP contribution in [0.4, 0.5) is 4.79 Å². The lowest BCUT2D eigenvalue weighted by Gasteiger charge is -2.37. The minimum Gasteiger partial charge on any atom is -0.444 e. The molecule has 0 aromatic carbocycles. The highest BCUT2D eigenvalue weighted by atomic mass is 16.6. The number of nitrogens with two attached hydrogens (primary N) is 1. The number of β-amino-alcohol motifs (C(OH)–C–C–N with tert-alkyl or cyclic N) is 1. The summed E-state index contributed by atoms with van der Waals surface area (Å²) in [5.74, 6) is 0.252. The maximum absolute atomic E-state index is 12.1. The van der Waals surface area contributed by atoms with Crippen LogP contribution in [0.15, 0.2) is 0 Å². The van der Waals surface area contributed by atoms with Crippen LogP contribution in [0, 0.1) is 5.92 Å². The molecule has 2 aliphatic heterocycles. The van der Waals surface area contributed by atoms with Crippen LogP contribution in [0.25, 0.3) is 0 Å². The van der Waals surface area contributed by atoms with Crippen molar-refractivity contribution in [2.45, 2.75) is 57.3 Å². The van der Waals surface area contributed by atoms with Crippen molar-refractivity contribution in [1.82, 2.24) is 4.90 Å². The Morgan fingerprint density at radius 3 is 2.62 bits per heavy atom.